The zero-order valence-electron chi connectivity index (χ0n) is 9.81. The molecule has 16 heavy (non-hydrogen) atoms. The lowest BCUT2D eigenvalue weighted by Crippen LogP contribution is -2.45. The lowest BCUT2D eigenvalue weighted by atomic mass is 9.84. The zero-order chi connectivity index (χ0) is 11.6. The maximum absolute atomic E-state index is 11.7. The minimum atomic E-state index is -0.633. The maximum atomic E-state index is 11.7. The second kappa shape index (κ2) is 4.52. The lowest BCUT2D eigenvalue weighted by molar-refractivity contribution is -0.255. The van der Waals surface area contributed by atoms with Crippen molar-refractivity contribution in [3.8, 4) is 0 Å². The molecule has 3 nitrogen and oxygen atoms in total. The van der Waals surface area contributed by atoms with Crippen molar-refractivity contribution >= 4 is 5.78 Å². The molecule has 2 bridgehead atoms. The van der Waals surface area contributed by atoms with Crippen LogP contribution in [-0.2, 0) is 14.3 Å². The summed E-state index contributed by atoms with van der Waals surface area (Å²) in [5.41, 5.74) is 0. The standard InChI is InChI=1S/C13H18O3/c1-3-15-13(16-4-2)9-10-5-6-11(13)7-8-12(10)14/h5-8,10-11H,3-4,9H2,1-2H3. The molecular weight excluding hydrogens is 204 g/mol. The molecule has 3 heteroatoms. The Morgan fingerprint density at radius 2 is 1.94 bits per heavy atom. The zero-order valence-corrected chi connectivity index (χ0v) is 9.81. The Kier molecular flexibility index (Phi) is 3.26. The minimum absolute atomic E-state index is 0.0510. The van der Waals surface area contributed by atoms with E-state index < -0.39 is 5.79 Å². The molecule has 3 aliphatic rings. The van der Waals surface area contributed by atoms with Crippen LogP contribution < -0.4 is 0 Å². The van der Waals surface area contributed by atoms with Crippen molar-refractivity contribution < 1.29 is 14.3 Å². The number of carbonyl (C=O) groups is 1. The third-order valence-corrected chi connectivity index (χ3v) is 3.17. The highest BCUT2D eigenvalue weighted by atomic mass is 16.7. The first-order valence-corrected chi connectivity index (χ1v) is 5.90. The van der Waals surface area contributed by atoms with Crippen LogP contribution in [0.25, 0.3) is 0 Å². The molecule has 0 amide bonds. The number of ether oxygens (including phenoxy) is 2. The van der Waals surface area contributed by atoms with Crippen LogP contribution in [-0.4, -0.2) is 24.8 Å². The number of carbonyl (C=O) groups excluding carboxylic acids is 1. The molecule has 3 rings (SSSR count). The third kappa shape index (κ3) is 1.85. The van der Waals surface area contributed by atoms with Crippen LogP contribution in [0.1, 0.15) is 20.3 Å². The quantitative estimate of drug-likeness (QED) is 0.539. The Labute approximate surface area is 96.1 Å². The number of rotatable bonds is 4. The van der Waals surface area contributed by atoms with Crippen molar-refractivity contribution in [3.05, 3.63) is 24.3 Å². The number of hydrogen-bond acceptors (Lipinski definition) is 3. The summed E-state index contributed by atoms with van der Waals surface area (Å²) < 4.78 is 11.6. The molecule has 0 saturated heterocycles. The highest BCUT2D eigenvalue weighted by Gasteiger charge is 2.45. The van der Waals surface area contributed by atoms with E-state index in [1.54, 1.807) is 6.08 Å². The van der Waals surface area contributed by atoms with Gasteiger partial charge in [-0.25, -0.2) is 0 Å². The first kappa shape index (κ1) is 11.6. The van der Waals surface area contributed by atoms with E-state index in [1.165, 1.54) is 0 Å². The van der Waals surface area contributed by atoms with Crippen molar-refractivity contribution in [2.45, 2.75) is 26.1 Å². The first-order valence-electron chi connectivity index (χ1n) is 5.90. The van der Waals surface area contributed by atoms with Crippen molar-refractivity contribution in [3.63, 3.8) is 0 Å². The normalized spacial score (nSPS) is 30.8. The van der Waals surface area contributed by atoms with Gasteiger partial charge in [-0.05, 0) is 19.9 Å². The molecule has 0 aromatic heterocycles. The number of fused-ring (bicyclic) bond motifs is 2. The Morgan fingerprint density at radius 3 is 2.56 bits per heavy atom. The van der Waals surface area contributed by atoms with E-state index in [9.17, 15) is 4.79 Å². The highest BCUT2D eigenvalue weighted by molar-refractivity contribution is 5.94. The van der Waals surface area contributed by atoms with E-state index in [-0.39, 0.29) is 17.6 Å². The van der Waals surface area contributed by atoms with Crippen LogP contribution in [0.2, 0.25) is 0 Å². The van der Waals surface area contributed by atoms with Crippen LogP contribution in [0, 0.1) is 11.8 Å². The van der Waals surface area contributed by atoms with Gasteiger partial charge in [0.05, 0.1) is 0 Å². The summed E-state index contributed by atoms with van der Waals surface area (Å²) in [6.07, 6.45) is 8.19. The molecule has 0 aromatic rings. The summed E-state index contributed by atoms with van der Waals surface area (Å²) >= 11 is 0. The predicted octanol–water partition coefficient (Wildman–Crippen LogP) is 2.09. The van der Waals surface area contributed by atoms with Crippen LogP contribution in [0.5, 0.6) is 0 Å². The third-order valence-electron chi connectivity index (χ3n) is 3.17. The number of hydrogen-bond donors (Lipinski definition) is 0. The Balaban J connectivity index is 2.31. The molecule has 88 valence electrons. The molecule has 2 unspecified atom stereocenters. The SMILES string of the molecule is CCOC1(OCC)CC2C=CC1C=CC2=O. The first-order chi connectivity index (χ1) is 7.72. The Morgan fingerprint density at radius 1 is 1.25 bits per heavy atom. The monoisotopic (exact) mass is 222 g/mol. The van der Waals surface area contributed by atoms with E-state index in [0.29, 0.717) is 19.6 Å². The average Bonchev–Trinajstić information content (AvgIpc) is 2.50. The van der Waals surface area contributed by atoms with Crippen molar-refractivity contribution in [1.82, 2.24) is 0 Å². The fraction of sp³-hybridized carbons (Fsp3) is 0.615. The van der Waals surface area contributed by atoms with E-state index in [0.717, 1.165) is 0 Å². The summed E-state index contributed by atoms with van der Waals surface area (Å²) in [6.45, 7) is 5.10. The van der Waals surface area contributed by atoms with Gasteiger partial charge in [-0.15, -0.1) is 0 Å². The summed E-state index contributed by atoms with van der Waals surface area (Å²) in [6, 6.07) is 0. The van der Waals surface area contributed by atoms with Crippen LogP contribution in [0.15, 0.2) is 24.3 Å². The number of allylic oxidation sites excluding steroid dienone is 2. The fourth-order valence-electron chi connectivity index (χ4n) is 2.48. The molecule has 3 aliphatic carbocycles. The predicted molar refractivity (Wildman–Crippen MR) is 60.9 cm³/mol. The van der Waals surface area contributed by atoms with E-state index in [1.807, 2.05) is 32.1 Å². The topological polar surface area (TPSA) is 35.5 Å². The molecule has 0 fully saturated rings. The van der Waals surface area contributed by atoms with Crippen LogP contribution in [0.4, 0.5) is 0 Å². The summed E-state index contributed by atoms with van der Waals surface area (Å²) in [5, 5.41) is 0. The molecule has 2 atom stereocenters. The van der Waals surface area contributed by atoms with Gasteiger partial charge < -0.3 is 9.47 Å². The van der Waals surface area contributed by atoms with Gasteiger partial charge in [0.1, 0.15) is 0 Å². The molecule has 0 saturated carbocycles. The van der Waals surface area contributed by atoms with E-state index in [4.69, 9.17) is 9.47 Å². The van der Waals surface area contributed by atoms with Gasteiger partial charge >= 0.3 is 0 Å². The second-order valence-corrected chi connectivity index (χ2v) is 4.16. The molecule has 0 heterocycles. The lowest BCUT2D eigenvalue weighted by Gasteiger charge is -2.40. The van der Waals surface area contributed by atoms with Gasteiger partial charge in [0.2, 0.25) is 0 Å². The van der Waals surface area contributed by atoms with Crippen molar-refractivity contribution in [2.24, 2.45) is 11.8 Å². The molecule has 0 aliphatic heterocycles. The number of ketones is 1. The van der Waals surface area contributed by atoms with Gasteiger partial charge in [0.15, 0.2) is 11.6 Å². The van der Waals surface area contributed by atoms with Gasteiger partial charge in [-0.1, -0.05) is 18.2 Å². The van der Waals surface area contributed by atoms with Gasteiger partial charge in [-0.3, -0.25) is 4.79 Å². The van der Waals surface area contributed by atoms with Gasteiger partial charge in [0.25, 0.3) is 0 Å². The largest absolute Gasteiger partial charge is 0.349 e. The van der Waals surface area contributed by atoms with Gasteiger partial charge in [-0.2, -0.15) is 0 Å². The fourth-order valence-corrected chi connectivity index (χ4v) is 2.48. The Bertz CT molecular complexity index is 324. The smallest absolute Gasteiger partial charge is 0.178 e. The summed E-state index contributed by atoms with van der Waals surface area (Å²) in [5.74, 6) is -0.519. The average molecular weight is 222 g/mol. The van der Waals surface area contributed by atoms with Crippen LogP contribution >= 0.6 is 0 Å². The molecular formula is C13H18O3. The minimum Gasteiger partial charge on any atom is -0.349 e. The van der Waals surface area contributed by atoms with Crippen LogP contribution in [0.3, 0.4) is 0 Å². The summed E-state index contributed by atoms with van der Waals surface area (Å²) in [4.78, 5) is 11.7. The molecule has 0 N–H and O–H groups in total. The molecule has 0 aromatic carbocycles. The molecule has 0 radical (unpaired) electrons. The maximum Gasteiger partial charge on any atom is 0.178 e. The molecule has 0 spiro atoms. The van der Waals surface area contributed by atoms with Gasteiger partial charge in [0, 0.05) is 31.5 Å². The Hall–Kier alpha value is -0.930. The second-order valence-electron chi connectivity index (χ2n) is 4.16. The van der Waals surface area contributed by atoms with Crippen molar-refractivity contribution in [2.75, 3.05) is 13.2 Å². The van der Waals surface area contributed by atoms with Crippen molar-refractivity contribution in [1.29, 1.82) is 0 Å². The van der Waals surface area contributed by atoms with E-state index in [2.05, 4.69) is 0 Å². The van der Waals surface area contributed by atoms with E-state index >= 15 is 0 Å². The summed E-state index contributed by atoms with van der Waals surface area (Å²) in [7, 11) is 0. The highest BCUT2D eigenvalue weighted by Crippen LogP contribution is 2.40.